The Bertz CT molecular complexity index is 823. The molecule has 1 saturated heterocycles. The Hall–Kier alpha value is -2.21. The van der Waals surface area contributed by atoms with Crippen LogP contribution >= 0.6 is 15.9 Å². The Morgan fingerprint density at radius 3 is 2.52 bits per heavy atom. The van der Waals surface area contributed by atoms with Crippen LogP contribution in [0.5, 0.6) is 0 Å². The van der Waals surface area contributed by atoms with Crippen LogP contribution in [0.2, 0.25) is 0 Å². The molecule has 130 valence electrons. The molecule has 4 nitrogen and oxygen atoms in total. The third-order valence-corrected chi connectivity index (χ3v) is 4.93. The number of carbonyl (C=O) groups is 2. The van der Waals surface area contributed by atoms with E-state index in [4.69, 9.17) is 0 Å². The second kappa shape index (κ2) is 6.96. The fourth-order valence-corrected chi connectivity index (χ4v) is 3.24. The van der Waals surface area contributed by atoms with Crippen molar-refractivity contribution in [2.45, 2.75) is 19.9 Å². The van der Waals surface area contributed by atoms with Crippen LogP contribution in [0.25, 0.3) is 0 Å². The van der Waals surface area contributed by atoms with Gasteiger partial charge in [0.2, 0.25) is 5.91 Å². The minimum atomic E-state index is -0.648. The maximum absolute atomic E-state index is 14.1. The van der Waals surface area contributed by atoms with Crippen molar-refractivity contribution in [3.8, 4) is 0 Å². The van der Waals surface area contributed by atoms with Crippen LogP contribution in [0.1, 0.15) is 22.8 Å². The number of halogens is 2. The molecule has 1 unspecified atom stereocenters. The molecule has 0 N–H and O–H groups in total. The van der Waals surface area contributed by atoms with Crippen LogP contribution in [-0.4, -0.2) is 35.8 Å². The summed E-state index contributed by atoms with van der Waals surface area (Å²) in [5.74, 6) is -0.905. The van der Waals surface area contributed by atoms with Gasteiger partial charge in [0.1, 0.15) is 11.9 Å². The molecule has 1 fully saturated rings. The van der Waals surface area contributed by atoms with E-state index >= 15 is 0 Å². The molecule has 0 spiro atoms. The van der Waals surface area contributed by atoms with Crippen LogP contribution in [0, 0.1) is 12.7 Å². The first kappa shape index (κ1) is 17.6. The number of piperazine rings is 1. The summed E-state index contributed by atoms with van der Waals surface area (Å²) in [5, 5.41) is 0. The van der Waals surface area contributed by atoms with E-state index in [1.807, 2.05) is 6.92 Å². The molecule has 2 aromatic carbocycles. The van der Waals surface area contributed by atoms with Gasteiger partial charge in [0.15, 0.2) is 0 Å². The van der Waals surface area contributed by atoms with Gasteiger partial charge in [-0.25, -0.2) is 4.39 Å². The number of hydrogen-bond acceptors (Lipinski definition) is 2. The van der Waals surface area contributed by atoms with Crippen molar-refractivity contribution in [1.82, 2.24) is 4.90 Å². The quantitative estimate of drug-likeness (QED) is 0.763. The van der Waals surface area contributed by atoms with E-state index in [-0.39, 0.29) is 24.0 Å². The van der Waals surface area contributed by atoms with Gasteiger partial charge in [-0.1, -0.05) is 22.0 Å². The van der Waals surface area contributed by atoms with E-state index in [2.05, 4.69) is 15.9 Å². The molecule has 1 aliphatic rings. The van der Waals surface area contributed by atoms with E-state index < -0.39 is 11.9 Å². The molecule has 1 atom stereocenters. The zero-order valence-corrected chi connectivity index (χ0v) is 15.6. The van der Waals surface area contributed by atoms with E-state index in [0.29, 0.717) is 12.1 Å². The van der Waals surface area contributed by atoms with Crippen LogP contribution in [-0.2, 0) is 4.79 Å². The van der Waals surface area contributed by atoms with Gasteiger partial charge in [-0.05, 0) is 55.8 Å². The number of amides is 2. The van der Waals surface area contributed by atoms with Crippen LogP contribution in [0.4, 0.5) is 10.1 Å². The topological polar surface area (TPSA) is 40.6 Å². The average molecular weight is 405 g/mol. The van der Waals surface area contributed by atoms with Gasteiger partial charge in [0.25, 0.3) is 5.91 Å². The van der Waals surface area contributed by atoms with Crippen molar-refractivity contribution in [2.24, 2.45) is 0 Å². The first-order valence-corrected chi connectivity index (χ1v) is 8.82. The van der Waals surface area contributed by atoms with Gasteiger partial charge >= 0.3 is 0 Å². The van der Waals surface area contributed by atoms with Gasteiger partial charge < -0.3 is 9.80 Å². The number of rotatable bonds is 2. The van der Waals surface area contributed by atoms with Crippen molar-refractivity contribution >= 4 is 33.4 Å². The summed E-state index contributed by atoms with van der Waals surface area (Å²) < 4.78 is 15.0. The van der Waals surface area contributed by atoms with Crippen LogP contribution in [0.15, 0.2) is 46.9 Å². The number of benzene rings is 2. The summed E-state index contributed by atoms with van der Waals surface area (Å²) in [4.78, 5) is 28.4. The number of carbonyl (C=O) groups excluding carboxylic acids is 2. The molecule has 0 aromatic heterocycles. The minimum Gasteiger partial charge on any atom is -0.325 e. The Balaban J connectivity index is 1.83. The monoisotopic (exact) mass is 404 g/mol. The summed E-state index contributed by atoms with van der Waals surface area (Å²) in [6.07, 6.45) is 0. The van der Waals surface area contributed by atoms with Crippen molar-refractivity contribution in [3.05, 3.63) is 63.9 Å². The lowest BCUT2D eigenvalue weighted by molar-refractivity contribution is -0.124. The summed E-state index contributed by atoms with van der Waals surface area (Å²) >= 11 is 3.34. The molecule has 2 amide bonds. The highest BCUT2D eigenvalue weighted by Gasteiger charge is 2.36. The second-order valence-electron chi connectivity index (χ2n) is 6.13. The summed E-state index contributed by atoms with van der Waals surface area (Å²) in [5.41, 5.74) is 1.68. The van der Waals surface area contributed by atoms with Gasteiger partial charge in [0.05, 0.1) is 5.69 Å². The third-order valence-electron chi connectivity index (χ3n) is 4.40. The zero-order valence-electron chi connectivity index (χ0n) is 14.0. The number of hydrogen-bond donors (Lipinski definition) is 0. The molecular formula is C19H18BrFN2O2. The minimum absolute atomic E-state index is 0.197. The maximum Gasteiger partial charge on any atom is 0.254 e. The van der Waals surface area contributed by atoms with Crippen molar-refractivity contribution in [1.29, 1.82) is 0 Å². The number of aryl methyl sites for hydroxylation is 1. The van der Waals surface area contributed by atoms with Gasteiger partial charge in [-0.2, -0.15) is 0 Å². The first-order chi connectivity index (χ1) is 11.9. The Morgan fingerprint density at radius 1 is 1.16 bits per heavy atom. The summed E-state index contributed by atoms with van der Waals surface area (Å²) in [6.45, 7) is 4.16. The molecule has 6 heteroatoms. The SMILES string of the molecule is Cc1ccc(F)c(N2CCN(C(=O)c3ccc(Br)cc3)C(C)C2=O)c1. The molecule has 0 radical (unpaired) electrons. The average Bonchev–Trinajstić information content (AvgIpc) is 2.60. The predicted octanol–water partition coefficient (Wildman–Crippen LogP) is 3.77. The van der Waals surface area contributed by atoms with Crippen LogP contribution in [0.3, 0.4) is 0 Å². The highest BCUT2D eigenvalue weighted by Crippen LogP contribution is 2.25. The Labute approximate surface area is 154 Å². The van der Waals surface area contributed by atoms with E-state index in [0.717, 1.165) is 10.0 Å². The van der Waals surface area contributed by atoms with Gasteiger partial charge in [-0.3, -0.25) is 9.59 Å². The largest absolute Gasteiger partial charge is 0.325 e. The van der Waals surface area contributed by atoms with Crippen molar-refractivity contribution in [2.75, 3.05) is 18.0 Å². The zero-order chi connectivity index (χ0) is 18.1. The normalized spacial score (nSPS) is 17.8. The first-order valence-electron chi connectivity index (χ1n) is 8.02. The number of anilines is 1. The highest BCUT2D eigenvalue weighted by molar-refractivity contribution is 9.10. The molecule has 25 heavy (non-hydrogen) atoms. The molecule has 0 bridgehead atoms. The second-order valence-corrected chi connectivity index (χ2v) is 7.04. The van der Waals surface area contributed by atoms with Crippen molar-refractivity contribution in [3.63, 3.8) is 0 Å². The fraction of sp³-hybridized carbons (Fsp3) is 0.263. The van der Waals surface area contributed by atoms with E-state index in [1.165, 1.54) is 15.9 Å². The maximum atomic E-state index is 14.1. The fourth-order valence-electron chi connectivity index (χ4n) is 2.97. The summed E-state index contributed by atoms with van der Waals surface area (Å²) in [7, 11) is 0. The molecule has 1 aliphatic heterocycles. The summed E-state index contributed by atoms with van der Waals surface area (Å²) in [6, 6.07) is 11.1. The molecule has 1 heterocycles. The molecule has 0 aliphatic carbocycles. The van der Waals surface area contributed by atoms with E-state index in [9.17, 15) is 14.0 Å². The third kappa shape index (κ3) is 3.44. The van der Waals surface area contributed by atoms with E-state index in [1.54, 1.807) is 43.3 Å². The highest BCUT2D eigenvalue weighted by atomic mass is 79.9. The standard InChI is InChI=1S/C19H18BrFN2O2/c1-12-3-8-16(21)17(11-12)23-10-9-22(13(2)18(23)24)19(25)14-4-6-15(20)7-5-14/h3-8,11,13H,9-10H2,1-2H3. The molecule has 3 rings (SSSR count). The number of nitrogens with zero attached hydrogens (tertiary/aromatic N) is 2. The van der Waals surface area contributed by atoms with Gasteiger partial charge in [0, 0.05) is 23.1 Å². The predicted molar refractivity (Wildman–Crippen MR) is 98.1 cm³/mol. The lowest BCUT2D eigenvalue weighted by Gasteiger charge is -2.39. The van der Waals surface area contributed by atoms with Crippen LogP contribution < -0.4 is 4.90 Å². The van der Waals surface area contributed by atoms with Crippen molar-refractivity contribution < 1.29 is 14.0 Å². The molecule has 0 saturated carbocycles. The Kier molecular flexibility index (Phi) is 4.90. The molecular weight excluding hydrogens is 387 g/mol. The lowest BCUT2D eigenvalue weighted by Crippen LogP contribution is -2.58. The van der Waals surface area contributed by atoms with Gasteiger partial charge in [-0.15, -0.1) is 0 Å². The molecule has 2 aromatic rings. The smallest absolute Gasteiger partial charge is 0.254 e. The lowest BCUT2D eigenvalue weighted by atomic mass is 10.1. The Morgan fingerprint density at radius 2 is 1.84 bits per heavy atom.